The van der Waals surface area contributed by atoms with Gasteiger partial charge in [-0.25, -0.2) is 9.50 Å². The van der Waals surface area contributed by atoms with Crippen LogP contribution in [0.5, 0.6) is 5.75 Å². The first kappa shape index (κ1) is 21.7. The van der Waals surface area contributed by atoms with Crippen LogP contribution in [0.2, 0.25) is 0 Å². The highest BCUT2D eigenvalue weighted by molar-refractivity contribution is 5.85. The Balaban J connectivity index is 1.42. The van der Waals surface area contributed by atoms with Gasteiger partial charge in [0.25, 0.3) is 0 Å². The lowest BCUT2D eigenvalue weighted by Gasteiger charge is -2.26. The van der Waals surface area contributed by atoms with E-state index in [9.17, 15) is 10.4 Å². The van der Waals surface area contributed by atoms with Crippen molar-refractivity contribution in [3.63, 3.8) is 0 Å². The third-order valence-electron chi connectivity index (χ3n) is 6.74. The van der Waals surface area contributed by atoms with Gasteiger partial charge < -0.3 is 20.5 Å². The number of ether oxygens (including phenoxy) is 1. The standard InChI is InChI=1S/C25H30N6O2/c1-24(2,32)14-33-17-7-18(23-16(8-26)10-29-31(23)11-17)15-5-6-21(28-9-15)30-12-19-20(13-30)22(19)25(3,4)27/h5-7,9-11,19-20,22,32H,12-14,27H2,1-4H3/t19-,20+,22?. The third-order valence-corrected chi connectivity index (χ3v) is 6.74. The molecule has 8 heteroatoms. The van der Waals surface area contributed by atoms with E-state index in [0.29, 0.717) is 34.6 Å². The molecule has 172 valence electrons. The summed E-state index contributed by atoms with van der Waals surface area (Å²) in [5.74, 6) is 3.42. The van der Waals surface area contributed by atoms with Crippen molar-refractivity contribution in [1.82, 2.24) is 14.6 Å². The van der Waals surface area contributed by atoms with Crippen LogP contribution < -0.4 is 15.4 Å². The van der Waals surface area contributed by atoms with Crippen LogP contribution >= 0.6 is 0 Å². The molecule has 0 bridgehead atoms. The minimum absolute atomic E-state index is 0.119. The molecule has 0 spiro atoms. The SMILES string of the molecule is CC(C)(O)COc1cc(-c2ccc(N3C[C@@H]4C(C(C)(C)N)[C@@H]4C3)nc2)c2c(C#N)cnn2c1. The molecule has 1 saturated heterocycles. The number of piperidine rings is 1. The molecule has 5 rings (SSSR count). The van der Waals surface area contributed by atoms with E-state index in [4.69, 9.17) is 15.5 Å². The first-order valence-electron chi connectivity index (χ1n) is 11.3. The maximum atomic E-state index is 10.0. The Morgan fingerprint density at radius 2 is 1.94 bits per heavy atom. The fourth-order valence-electron chi connectivity index (χ4n) is 5.29. The fraction of sp³-hybridized carbons (Fsp3) is 0.480. The zero-order valence-corrected chi connectivity index (χ0v) is 19.5. The number of anilines is 1. The van der Waals surface area contributed by atoms with Crippen molar-refractivity contribution in [3.8, 4) is 22.9 Å². The van der Waals surface area contributed by atoms with Crippen LogP contribution in [0.3, 0.4) is 0 Å². The summed E-state index contributed by atoms with van der Waals surface area (Å²) in [5, 5.41) is 23.9. The fourth-order valence-corrected chi connectivity index (χ4v) is 5.29. The molecule has 1 saturated carbocycles. The van der Waals surface area contributed by atoms with Gasteiger partial charge in [-0.1, -0.05) is 0 Å². The van der Waals surface area contributed by atoms with Crippen LogP contribution in [-0.2, 0) is 0 Å². The Morgan fingerprint density at radius 1 is 1.21 bits per heavy atom. The van der Waals surface area contributed by atoms with Crippen LogP contribution in [0.25, 0.3) is 16.6 Å². The van der Waals surface area contributed by atoms with Gasteiger partial charge in [-0.2, -0.15) is 10.4 Å². The second-order valence-corrected chi connectivity index (χ2v) is 10.6. The van der Waals surface area contributed by atoms with Gasteiger partial charge in [-0.3, -0.25) is 0 Å². The lowest BCUT2D eigenvalue weighted by Crippen LogP contribution is -2.39. The molecule has 2 aliphatic rings. The molecule has 2 fully saturated rings. The van der Waals surface area contributed by atoms with Gasteiger partial charge in [-0.05, 0) is 63.6 Å². The lowest BCUT2D eigenvalue weighted by atomic mass is 9.96. The first-order valence-corrected chi connectivity index (χ1v) is 11.3. The van der Waals surface area contributed by atoms with Crippen molar-refractivity contribution in [3.05, 3.63) is 42.4 Å². The quantitative estimate of drug-likeness (QED) is 0.599. The molecular formula is C25H30N6O2. The van der Waals surface area contributed by atoms with E-state index in [1.165, 1.54) is 0 Å². The van der Waals surface area contributed by atoms with Gasteiger partial charge >= 0.3 is 0 Å². The van der Waals surface area contributed by atoms with E-state index in [2.05, 4.69) is 29.9 Å². The number of nitriles is 1. The molecular weight excluding hydrogens is 416 g/mol. The second-order valence-electron chi connectivity index (χ2n) is 10.6. The van der Waals surface area contributed by atoms with E-state index in [-0.39, 0.29) is 12.1 Å². The summed E-state index contributed by atoms with van der Waals surface area (Å²) in [5.41, 5.74) is 8.12. The molecule has 1 aliphatic carbocycles. The van der Waals surface area contributed by atoms with Crippen LogP contribution in [0, 0.1) is 29.1 Å². The molecule has 3 atom stereocenters. The van der Waals surface area contributed by atoms with Crippen molar-refractivity contribution in [2.45, 2.75) is 38.8 Å². The normalized spacial score (nSPS) is 22.3. The van der Waals surface area contributed by atoms with Crippen LogP contribution in [-0.4, -0.2) is 50.5 Å². The highest BCUT2D eigenvalue weighted by Crippen LogP contribution is 2.56. The summed E-state index contributed by atoms with van der Waals surface area (Å²) < 4.78 is 7.45. The highest BCUT2D eigenvalue weighted by atomic mass is 16.5. The summed E-state index contributed by atoms with van der Waals surface area (Å²) in [4.78, 5) is 7.07. The second kappa shape index (κ2) is 7.44. The maximum absolute atomic E-state index is 10.0. The summed E-state index contributed by atoms with van der Waals surface area (Å²) >= 11 is 0. The van der Waals surface area contributed by atoms with Gasteiger partial charge in [0.1, 0.15) is 24.2 Å². The van der Waals surface area contributed by atoms with Crippen LogP contribution in [0.1, 0.15) is 33.3 Å². The number of nitrogens with two attached hydrogens (primary N) is 1. The predicted octanol–water partition coefficient (Wildman–Crippen LogP) is 2.84. The van der Waals surface area contributed by atoms with E-state index < -0.39 is 5.60 Å². The number of rotatable bonds is 6. The van der Waals surface area contributed by atoms with Crippen molar-refractivity contribution in [2.24, 2.45) is 23.5 Å². The Morgan fingerprint density at radius 3 is 2.52 bits per heavy atom. The van der Waals surface area contributed by atoms with E-state index in [0.717, 1.165) is 30.0 Å². The Labute approximate surface area is 193 Å². The molecule has 1 unspecified atom stereocenters. The third kappa shape index (κ3) is 4.03. The molecule has 8 nitrogen and oxygen atoms in total. The number of hydrogen-bond acceptors (Lipinski definition) is 7. The molecule has 1 aliphatic heterocycles. The molecule has 3 aromatic heterocycles. The van der Waals surface area contributed by atoms with Gasteiger partial charge in [0, 0.05) is 36.0 Å². The summed E-state index contributed by atoms with van der Waals surface area (Å²) in [7, 11) is 0. The number of nitrogens with zero attached hydrogens (tertiary/aromatic N) is 5. The van der Waals surface area contributed by atoms with Crippen molar-refractivity contribution >= 4 is 11.3 Å². The Hall–Kier alpha value is -3.15. The summed E-state index contributed by atoms with van der Waals surface area (Å²) in [6.45, 7) is 9.76. The van der Waals surface area contributed by atoms with Crippen molar-refractivity contribution in [1.29, 1.82) is 5.26 Å². The monoisotopic (exact) mass is 446 g/mol. The molecule has 0 radical (unpaired) electrons. The topological polar surface area (TPSA) is 113 Å². The molecule has 3 N–H and O–H groups in total. The average Bonchev–Trinajstić information content (AvgIpc) is 3.08. The van der Waals surface area contributed by atoms with E-state index in [1.54, 1.807) is 30.8 Å². The average molecular weight is 447 g/mol. The van der Waals surface area contributed by atoms with Crippen LogP contribution in [0.4, 0.5) is 5.82 Å². The number of fused-ring (bicyclic) bond motifs is 2. The molecule has 0 aromatic carbocycles. The summed E-state index contributed by atoms with van der Waals surface area (Å²) in [6, 6.07) is 8.15. The predicted molar refractivity (Wildman–Crippen MR) is 126 cm³/mol. The Kier molecular flexibility index (Phi) is 4.89. The zero-order valence-electron chi connectivity index (χ0n) is 19.5. The van der Waals surface area contributed by atoms with Gasteiger partial charge in [-0.15, -0.1) is 0 Å². The zero-order chi connectivity index (χ0) is 23.5. The van der Waals surface area contributed by atoms with Gasteiger partial charge in [0.15, 0.2) is 0 Å². The number of aromatic nitrogens is 3. The van der Waals surface area contributed by atoms with E-state index >= 15 is 0 Å². The minimum atomic E-state index is -0.963. The molecule has 0 amide bonds. The van der Waals surface area contributed by atoms with Gasteiger partial charge in [0.05, 0.1) is 29.1 Å². The maximum Gasteiger partial charge on any atom is 0.138 e. The lowest BCUT2D eigenvalue weighted by molar-refractivity contribution is 0.0283. The molecule has 33 heavy (non-hydrogen) atoms. The molecule has 4 heterocycles. The Bertz CT molecular complexity index is 1220. The minimum Gasteiger partial charge on any atom is -0.489 e. The molecule has 3 aromatic rings. The smallest absolute Gasteiger partial charge is 0.138 e. The first-order chi connectivity index (χ1) is 15.5. The van der Waals surface area contributed by atoms with Crippen molar-refractivity contribution < 1.29 is 9.84 Å². The number of hydrogen-bond donors (Lipinski definition) is 2. The van der Waals surface area contributed by atoms with Crippen molar-refractivity contribution in [2.75, 3.05) is 24.6 Å². The van der Waals surface area contributed by atoms with Crippen LogP contribution in [0.15, 0.2) is 36.8 Å². The van der Waals surface area contributed by atoms with E-state index in [1.807, 2.05) is 24.4 Å². The largest absolute Gasteiger partial charge is 0.489 e. The van der Waals surface area contributed by atoms with Gasteiger partial charge in [0.2, 0.25) is 0 Å². The number of aliphatic hydroxyl groups is 1. The summed E-state index contributed by atoms with van der Waals surface area (Å²) in [6.07, 6.45) is 5.11. The number of pyridine rings is 2. The highest BCUT2D eigenvalue weighted by Gasteiger charge is 2.60.